The monoisotopic (exact) mass is 401 g/mol. The average Bonchev–Trinajstić information content (AvgIpc) is 2.72. The first-order chi connectivity index (χ1) is 13.9. The molecule has 2 heterocycles. The summed E-state index contributed by atoms with van der Waals surface area (Å²) in [4.78, 5) is 43.3. The van der Waals surface area contributed by atoms with E-state index in [0.717, 1.165) is 19.3 Å². The molecule has 0 spiro atoms. The summed E-state index contributed by atoms with van der Waals surface area (Å²) in [6.07, 6.45) is 4.06. The number of piperidine rings is 1. The van der Waals surface area contributed by atoms with Crippen LogP contribution in [0.25, 0.3) is 0 Å². The van der Waals surface area contributed by atoms with Crippen molar-refractivity contribution in [3.63, 3.8) is 0 Å². The fraction of sp³-hybridized carbons (Fsp3) is 0.353. The third-order valence-electron chi connectivity index (χ3n) is 4.70. The van der Waals surface area contributed by atoms with Crippen LogP contribution in [0, 0.1) is 20.2 Å². The summed E-state index contributed by atoms with van der Waals surface area (Å²) in [6, 6.07) is 5.05. The van der Waals surface area contributed by atoms with Crippen molar-refractivity contribution in [1.82, 2.24) is 15.4 Å². The third kappa shape index (κ3) is 4.36. The largest absolute Gasteiger partial charge is 0.355 e. The number of amides is 1. The van der Waals surface area contributed by atoms with E-state index in [1.807, 2.05) is 11.8 Å². The summed E-state index contributed by atoms with van der Waals surface area (Å²) in [6.45, 7) is 2.63. The predicted octanol–water partition coefficient (Wildman–Crippen LogP) is 2.43. The molecule has 2 N–H and O–H groups in total. The molecule has 1 saturated heterocycles. The van der Waals surface area contributed by atoms with Gasteiger partial charge in [-0.15, -0.1) is 0 Å². The van der Waals surface area contributed by atoms with Crippen molar-refractivity contribution in [2.75, 3.05) is 16.9 Å². The molecule has 1 fully saturated rings. The number of nitro groups is 2. The lowest BCUT2D eigenvalue weighted by atomic mass is 10.0. The van der Waals surface area contributed by atoms with Crippen LogP contribution in [0.15, 0.2) is 30.6 Å². The number of hydrogen-bond donors (Lipinski definition) is 2. The number of non-ortho nitro benzene ring substituents is 1. The number of nitrogens with one attached hydrogen (secondary N) is 2. The maximum atomic E-state index is 12.3. The number of anilines is 2. The minimum Gasteiger partial charge on any atom is -0.348 e. The van der Waals surface area contributed by atoms with Crippen molar-refractivity contribution < 1.29 is 14.6 Å². The molecule has 1 aromatic heterocycles. The van der Waals surface area contributed by atoms with Crippen LogP contribution in [0.3, 0.4) is 0 Å². The highest BCUT2D eigenvalue weighted by molar-refractivity contribution is 5.95. The summed E-state index contributed by atoms with van der Waals surface area (Å²) in [5.41, 5.74) is 4.46. The quantitative estimate of drug-likeness (QED) is 0.548. The van der Waals surface area contributed by atoms with Crippen LogP contribution in [0.2, 0.25) is 0 Å². The van der Waals surface area contributed by atoms with E-state index in [2.05, 4.69) is 20.8 Å². The topological polar surface area (TPSA) is 156 Å². The second-order valence-corrected chi connectivity index (χ2v) is 6.57. The van der Waals surface area contributed by atoms with Crippen LogP contribution in [0.4, 0.5) is 23.0 Å². The summed E-state index contributed by atoms with van der Waals surface area (Å²) < 4.78 is 0. The predicted molar refractivity (Wildman–Crippen MR) is 104 cm³/mol. The second kappa shape index (κ2) is 8.46. The van der Waals surface area contributed by atoms with Crippen LogP contribution in [0.1, 0.15) is 36.5 Å². The van der Waals surface area contributed by atoms with Crippen molar-refractivity contribution in [1.29, 1.82) is 0 Å². The van der Waals surface area contributed by atoms with Gasteiger partial charge >= 0.3 is 5.69 Å². The number of nitrogens with zero attached hydrogens (tertiary/aromatic N) is 5. The zero-order valence-electron chi connectivity index (χ0n) is 15.6. The van der Waals surface area contributed by atoms with Gasteiger partial charge < -0.3 is 4.90 Å². The van der Waals surface area contributed by atoms with Gasteiger partial charge in [0.15, 0.2) is 0 Å². The number of carbonyl (C=O) groups excluding carboxylic acids is 1. The zero-order valence-corrected chi connectivity index (χ0v) is 15.6. The summed E-state index contributed by atoms with van der Waals surface area (Å²) in [7, 11) is 0. The molecule has 0 aliphatic carbocycles. The van der Waals surface area contributed by atoms with E-state index in [1.165, 1.54) is 30.6 Å². The van der Waals surface area contributed by atoms with Crippen LogP contribution in [-0.4, -0.2) is 38.3 Å². The summed E-state index contributed by atoms with van der Waals surface area (Å²) >= 11 is 0. The van der Waals surface area contributed by atoms with Crippen LogP contribution in [-0.2, 0) is 0 Å². The Morgan fingerprint density at radius 3 is 2.48 bits per heavy atom. The molecule has 0 bridgehead atoms. The van der Waals surface area contributed by atoms with Crippen LogP contribution < -0.4 is 15.8 Å². The molecule has 1 amide bonds. The molecule has 1 aromatic carbocycles. The Labute approximate surface area is 165 Å². The lowest BCUT2D eigenvalue weighted by molar-refractivity contribution is -0.384. The summed E-state index contributed by atoms with van der Waals surface area (Å²) in [5, 5.41) is 22.4. The number of hydrogen-bond acceptors (Lipinski definition) is 9. The maximum Gasteiger partial charge on any atom is 0.355 e. The molecular formula is C17H19N7O5. The standard InChI is InChI=1S/C17H19N7O5/c1-11-4-2-3-9-22(11)16-14(24(28)29)15(18-10-19-16)20-21-17(25)12-5-7-13(8-6-12)23(26)27/h5-8,10-11H,2-4,9H2,1H3,(H,21,25)(H,18,19,20). The minimum atomic E-state index is -0.624. The number of rotatable bonds is 6. The van der Waals surface area contributed by atoms with E-state index in [4.69, 9.17) is 0 Å². The number of nitro benzene ring substituents is 1. The molecule has 12 nitrogen and oxygen atoms in total. The van der Waals surface area contributed by atoms with Crippen LogP contribution >= 0.6 is 0 Å². The molecular weight excluding hydrogens is 382 g/mol. The van der Waals surface area contributed by atoms with E-state index in [9.17, 15) is 25.0 Å². The third-order valence-corrected chi connectivity index (χ3v) is 4.70. The van der Waals surface area contributed by atoms with Gasteiger partial charge in [-0.3, -0.25) is 35.9 Å². The summed E-state index contributed by atoms with van der Waals surface area (Å²) in [5.74, 6) is -0.571. The van der Waals surface area contributed by atoms with Gasteiger partial charge in [0.05, 0.1) is 9.85 Å². The first kappa shape index (κ1) is 19.9. The molecule has 1 unspecified atom stereocenters. The molecule has 3 rings (SSSR count). The van der Waals surface area contributed by atoms with Crippen molar-refractivity contribution in [2.24, 2.45) is 0 Å². The lowest BCUT2D eigenvalue weighted by Crippen LogP contribution is -2.38. The Morgan fingerprint density at radius 2 is 1.86 bits per heavy atom. The molecule has 12 heteroatoms. The number of aromatic nitrogens is 2. The normalized spacial score (nSPS) is 16.2. The van der Waals surface area contributed by atoms with Crippen molar-refractivity contribution in [3.05, 3.63) is 56.4 Å². The van der Waals surface area contributed by atoms with Gasteiger partial charge in [0.1, 0.15) is 6.33 Å². The van der Waals surface area contributed by atoms with Crippen molar-refractivity contribution >= 4 is 28.9 Å². The van der Waals surface area contributed by atoms with E-state index >= 15 is 0 Å². The molecule has 1 aliphatic rings. The van der Waals surface area contributed by atoms with Gasteiger partial charge in [-0.05, 0) is 38.3 Å². The van der Waals surface area contributed by atoms with Gasteiger partial charge in [0.2, 0.25) is 11.6 Å². The van der Waals surface area contributed by atoms with Gasteiger partial charge in [0.25, 0.3) is 11.6 Å². The molecule has 2 aromatic rings. The zero-order chi connectivity index (χ0) is 21.0. The Hall–Kier alpha value is -3.83. The fourth-order valence-electron chi connectivity index (χ4n) is 3.17. The molecule has 1 aliphatic heterocycles. The van der Waals surface area contributed by atoms with Gasteiger partial charge in [-0.2, -0.15) is 0 Å². The van der Waals surface area contributed by atoms with Gasteiger partial charge in [-0.1, -0.05) is 0 Å². The number of hydrazine groups is 1. The highest BCUT2D eigenvalue weighted by Gasteiger charge is 2.31. The Kier molecular flexibility index (Phi) is 5.81. The number of carbonyl (C=O) groups is 1. The second-order valence-electron chi connectivity index (χ2n) is 6.57. The van der Waals surface area contributed by atoms with Crippen molar-refractivity contribution in [3.8, 4) is 0 Å². The van der Waals surface area contributed by atoms with Crippen LogP contribution in [0.5, 0.6) is 0 Å². The SMILES string of the molecule is CC1CCCCN1c1ncnc(NNC(=O)c2ccc([N+](=O)[O-])cc2)c1[N+](=O)[O-]. The van der Waals surface area contributed by atoms with E-state index in [-0.39, 0.29) is 34.6 Å². The number of benzene rings is 1. The first-order valence-electron chi connectivity index (χ1n) is 8.95. The molecule has 152 valence electrons. The lowest BCUT2D eigenvalue weighted by Gasteiger charge is -2.33. The minimum absolute atomic E-state index is 0.0971. The Bertz CT molecular complexity index is 934. The Morgan fingerprint density at radius 1 is 1.14 bits per heavy atom. The highest BCUT2D eigenvalue weighted by Crippen LogP contribution is 2.34. The maximum absolute atomic E-state index is 12.3. The average molecular weight is 401 g/mol. The molecule has 0 saturated carbocycles. The molecule has 0 radical (unpaired) electrons. The highest BCUT2D eigenvalue weighted by atomic mass is 16.6. The van der Waals surface area contributed by atoms with Crippen molar-refractivity contribution in [2.45, 2.75) is 32.2 Å². The van der Waals surface area contributed by atoms with E-state index < -0.39 is 15.8 Å². The molecule has 1 atom stereocenters. The Balaban J connectivity index is 1.80. The molecule has 29 heavy (non-hydrogen) atoms. The fourth-order valence-corrected chi connectivity index (χ4v) is 3.17. The van der Waals surface area contributed by atoms with Gasteiger partial charge in [0, 0.05) is 30.3 Å². The van der Waals surface area contributed by atoms with E-state index in [1.54, 1.807) is 0 Å². The first-order valence-corrected chi connectivity index (χ1v) is 8.95. The van der Waals surface area contributed by atoms with E-state index in [0.29, 0.717) is 6.54 Å². The van der Waals surface area contributed by atoms with Gasteiger partial charge in [-0.25, -0.2) is 9.97 Å². The smallest absolute Gasteiger partial charge is 0.348 e.